The van der Waals surface area contributed by atoms with Crippen molar-refractivity contribution in [3.05, 3.63) is 35.9 Å². The van der Waals surface area contributed by atoms with Crippen LogP contribution in [0.2, 0.25) is 0 Å². The van der Waals surface area contributed by atoms with Crippen molar-refractivity contribution in [1.29, 1.82) is 0 Å². The van der Waals surface area contributed by atoms with Crippen LogP contribution in [0.3, 0.4) is 0 Å². The SMILES string of the molecule is CC(C)(COC(=O)OCC(Cl)(Cl)Cl)Cc1ccccc1. The van der Waals surface area contributed by atoms with Crippen molar-refractivity contribution >= 4 is 41.0 Å². The third-order valence-electron chi connectivity index (χ3n) is 2.46. The second kappa shape index (κ2) is 7.39. The van der Waals surface area contributed by atoms with E-state index in [4.69, 9.17) is 44.3 Å². The Bertz CT molecular complexity index is 427. The van der Waals surface area contributed by atoms with Gasteiger partial charge in [-0.1, -0.05) is 79.0 Å². The van der Waals surface area contributed by atoms with Crippen molar-refractivity contribution in [3.63, 3.8) is 0 Å². The average molecular weight is 340 g/mol. The minimum Gasteiger partial charge on any atom is -0.434 e. The maximum absolute atomic E-state index is 11.4. The van der Waals surface area contributed by atoms with E-state index in [2.05, 4.69) is 0 Å². The van der Waals surface area contributed by atoms with Crippen LogP contribution < -0.4 is 0 Å². The van der Waals surface area contributed by atoms with Crippen molar-refractivity contribution < 1.29 is 14.3 Å². The van der Waals surface area contributed by atoms with Gasteiger partial charge in [-0.3, -0.25) is 0 Å². The van der Waals surface area contributed by atoms with Crippen LogP contribution in [0.1, 0.15) is 19.4 Å². The largest absolute Gasteiger partial charge is 0.508 e. The maximum Gasteiger partial charge on any atom is 0.508 e. The fourth-order valence-electron chi connectivity index (χ4n) is 1.64. The van der Waals surface area contributed by atoms with E-state index in [0.29, 0.717) is 0 Å². The topological polar surface area (TPSA) is 35.5 Å². The molecule has 0 heterocycles. The summed E-state index contributed by atoms with van der Waals surface area (Å²) < 4.78 is 8.11. The van der Waals surface area contributed by atoms with Gasteiger partial charge in [0.05, 0.1) is 0 Å². The first-order chi connectivity index (χ1) is 9.18. The molecule has 6 heteroatoms. The highest BCUT2D eigenvalue weighted by atomic mass is 35.6. The summed E-state index contributed by atoms with van der Waals surface area (Å²) in [4.78, 5) is 11.4. The molecule has 0 fully saturated rings. The first kappa shape index (κ1) is 17.4. The normalized spacial score (nSPS) is 12.1. The van der Waals surface area contributed by atoms with Crippen LogP contribution >= 0.6 is 34.8 Å². The van der Waals surface area contributed by atoms with Gasteiger partial charge in [0.25, 0.3) is 0 Å². The molecule has 0 aliphatic rings. The molecule has 0 amide bonds. The Morgan fingerprint density at radius 3 is 2.15 bits per heavy atom. The van der Waals surface area contributed by atoms with Crippen molar-refractivity contribution in [3.8, 4) is 0 Å². The number of alkyl halides is 3. The molecule has 112 valence electrons. The molecular weight excluding hydrogens is 323 g/mol. The van der Waals surface area contributed by atoms with E-state index in [9.17, 15) is 4.79 Å². The summed E-state index contributed by atoms with van der Waals surface area (Å²) >= 11 is 16.4. The molecule has 0 atom stereocenters. The van der Waals surface area contributed by atoms with Gasteiger partial charge in [0, 0.05) is 5.41 Å². The van der Waals surface area contributed by atoms with Gasteiger partial charge < -0.3 is 9.47 Å². The molecule has 1 aromatic carbocycles. The molecule has 0 saturated carbocycles. The summed E-state index contributed by atoms with van der Waals surface area (Å²) in [6.45, 7) is 3.89. The molecule has 3 nitrogen and oxygen atoms in total. The van der Waals surface area contributed by atoms with Crippen LogP contribution in [0.4, 0.5) is 4.79 Å². The zero-order chi connectivity index (χ0) is 15.2. The van der Waals surface area contributed by atoms with E-state index in [1.165, 1.54) is 5.56 Å². The smallest absolute Gasteiger partial charge is 0.434 e. The second-order valence-electron chi connectivity index (χ2n) is 5.27. The van der Waals surface area contributed by atoms with Crippen LogP contribution in [0, 0.1) is 5.41 Å². The minimum atomic E-state index is -1.63. The third kappa shape index (κ3) is 7.83. The molecule has 0 unspecified atom stereocenters. The van der Waals surface area contributed by atoms with E-state index in [1.54, 1.807) is 0 Å². The molecule has 0 aliphatic heterocycles. The molecule has 0 aliphatic carbocycles. The Morgan fingerprint density at radius 1 is 1.05 bits per heavy atom. The van der Waals surface area contributed by atoms with Crippen LogP contribution in [0.5, 0.6) is 0 Å². The van der Waals surface area contributed by atoms with Crippen molar-refractivity contribution in [2.75, 3.05) is 13.2 Å². The summed E-state index contributed by atoms with van der Waals surface area (Å²) in [5.41, 5.74) is 0.969. The van der Waals surface area contributed by atoms with Gasteiger partial charge in [-0.2, -0.15) is 0 Å². The lowest BCUT2D eigenvalue weighted by molar-refractivity contribution is 0.0306. The average Bonchev–Trinajstić information content (AvgIpc) is 2.34. The number of carbonyl (C=O) groups excluding carboxylic acids is 1. The highest BCUT2D eigenvalue weighted by Crippen LogP contribution is 2.26. The third-order valence-corrected chi connectivity index (χ3v) is 2.79. The summed E-state index contributed by atoms with van der Waals surface area (Å²) in [5, 5.41) is 0. The molecular formula is C14H17Cl3O3. The number of hydrogen-bond acceptors (Lipinski definition) is 3. The van der Waals surface area contributed by atoms with E-state index in [-0.39, 0.29) is 18.6 Å². The minimum absolute atomic E-state index is 0.208. The van der Waals surface area contributed by atoms with Gasteiger partial charge >= 0.3 is 6.16 Å². The summed E-state index contributed by atoms with van der Waals surface area (Å²) in [7, 11) is 0. The molecule has 0 N–H and O–H groups in total. The van der Waals surface area contributed by atoms with E-state index < -0.39 is 9.95 Å². The Balaban J connectivity index is 2.37. The van der Waals surface area contributed by atoms with Crippen molar-refractivity contribution in [2.24, 2.45) is 5.41 Å². The zero-order valence-corrected chi connectivity index (χ0v) is 13.6. The van der Waals surface area contributed by atoms with E-state index in [1.807, 2.05) is 44.2 Å². The fourth-order valence-corrected chi connectivity index (χ4v) is 1.80. The highest BCUT2D eigenvalue weighted by Gasteiger charge is 2.25. The first-order valence-electron chi connectivity index (χ1n) is 6.08. The van der Waals surface area contributed by atoms with Gasteiger partial charge in [-0.15, -0.1) is 0 Å². The van der Waals surface area contributed by atoms with Gasteiger partial charge in [0.1, 0.15) is 13.2 Å². The molecule has 1 aromatic rings. The quantitative estimate of drug-likeness (QED) is 0.572. The summed E-state index contributed by atoms with van der Waals surface area (Å²) in [5.74, 6) is 0. The molecule has 0 radical (unpaired) electrons. The van der Waals surface area contributed by atoms with Crippen molar-refractivity contribution in [1.82, 2.24) is 0 Å². The van der Waals surface area contributed by atoms with E-state index >= 15 is 0 Å². The lowest BCUT2D eigenvalue weighted by Crippen LogP contribution is -2.26. The Hall–Kier alpha value is -0.640. The molecule has 0 bridgehead atoms. The summed E-state index contributed by atoms with van der Waals surface area (Å²) in [6, 6.07) is 9.97. The maximum atomic E-state index is 11.4. The van der Waals surface area contributed by atoms with Crippen LogP contribution in [-0.4, -0.2) is 23.2 Å². The highest BCUT2D eigenvalue weighted by molar-refractivity contribution is 6.67. The predicted molar refractivity (Wildman–Crippen MR) is 81.5 cm³/mol. The van der Waals surface area contributed by atoms with Crippen LogP contribution in [0.25, 0.3) is 0 Å². The van der Waals surface area contributed by atoms with Crippen LogP contribution in [0.15, 0.2) is 30.3 Å². The lowest BCUT2D eigenvalue weighted by Gasteiger charge is -2.24. The fraction of sp³-hybridized carbons (Fsp3) is 0.500. The number of hydrogen-bond donors (Lipinski definition) is 0. The van der Waals surface area contributed by atoms with Crippen molar-refractivity contribution in [2.45, 2.75) is 24.1 Å². The molecule has 0 saturated heterocycles. The Kier molecular flexibility index (Phi) is 6.44. The van der Waals surface area contributed by atoms with Crippen LogP contribution in [-0.2, 0) is 15.9 Å². The lowest BCUT2D eigenvalue weighted by atomic mass is 9.87. The number of halogens is 3. The summed E-state index contributed by atoms with van der Waals surface area (Å²) in [6.07, 6.45) is -0.0524. The van der Waals surface area contributed by atoms with Gasteiger partial charge in [0.15, 0.2) is 0 Å². The second-order valence-corrected chi connectivity index (χ2v) is 7.79. The van der Waals surface area contributed by atoms with Gasteiger partial charge in [-0.25, -0.2) is 4.79 Å². The molecule has 0 spiro atoms. The Morgan fingerprint density at radius 2 is 1.60 bits per heavy atom. The Labute approximate surface area is 134 Å². The molecule has 1 rings (SSSR count). The van der Waals surface area contributed by atoms with Gasteiger partial charge in [0.2, 0.25) is 3.79 Å². The zero-order valence-electron chi connectivity index (χ0n) is 11.4. The molecule has 0 aromatic heterocycles. The number of rotatable bonds is 5. The number of carbonyl (C=O) groups is 1. The monoisotopic (exact) mass is 338 g/mol. The number of ether oxygens (including phenoxy) is 2. The van der Waals surface area contributed by atoms with E-state index in [0.717, 1.165) is 6.42 Å². The number of benzene rings is 1. The standard InChI is InChI=1S/C14H17Cl3O3/c1-13(2,8-11-6-4-3-5-7-11)9-19-12(18)20-10-14(15,16)17/h3-7H,8-10H2,1-2H3. The molecule has 20 heavy (non-hydrogen) atoms. The predicted octanol–water partition coefficient (Wildman–Crippen LogP) is 4.78. The first-order valence-corrected chi connectivity index (χ1v) is 7.22. The van der Waals surface area contributed by atoms with Gasteiger partial charge in [-0.05, 0) is 12.0 Å².